The molecule has 25 heavy (non-hydrogen) atoms. The SMILES string of the molecule is O=C(O)C1CCCCN1C(=O)c1cn(-c2cccc([N+](=O)[O-])c2)nn1. The summed E-state index contributed by atoms with van der Waals surface area (Å²) in [7, 11) is 0. The third-order valence-electron chi connectivity index (χ3n) is 4.07. The van der Waals surface area contributed by atoms with Gasteiger partial charge in [0.2, 0.25) is 0 Å². The monoisotopic (exact) mass is 345 g/mol. The molecule has 0 bridgehead atoms. The van der Waals surface area contributed by atoms with Gasteiger partial charge >= 0.3 is 5.97 Å². The number of rotatable bonds is 4. The molecule has 0 spiro atoms. The molecule has 1 aliphatic heterocycles. The van der Waals surface area contributed by atoms with Crippen molar-refractivity contribution in [1.29, 1.82) is 0 Å². The van der Waals surface area contributed by atoms with Crippen molar-refractivity contribution in [2.45, 2.75) is 25.3 Å². The van der Waals surface area contributed by atoms with Gasteiger partial charge in [0.05, 0.1) is 16.8 Å². The standard InChI is InChI=1S/C15H15N5O5/c21-14(18-7-2-1-6-13(18)15(22)23)12-9-19(17-16-12)10-4-3-5-11(8-10)20(24)25/h3-5,8-9,13H,1-2,6-7H2,(H,22,23). The lowest BCUT2D eigenvalue weighted by Crippen LogP contribution is -2.48. The Morgan fingerprint density at radius 1 is 1.32 bits per heavy atom. The van der Waals surface area contributed by atoms with Crippen molar-refractivity contribution >= 4 is 17.6 Å². The highest BCUT2D eigenvalue weighted by Crippen LogP contribution is 2.20. The third kappa shape index (κ3) is 3.32. The maximum absolute atomic E-state index is 12.6. The first kappa shape index (κ1) is 16.6. The number of carboxylic acid groups (broad SMARTS) is 1. The number of carbonyl (C=O) groups is 2. The molecule has 0 saturated carbocycles. The number of aliphatic carboxylic acids is 1. The molecule has 10 heteroatoms. The number of piperidine rings is 1. The zero-order valence-corrected chi connectivity index (χ0v) is 13.1. The van der Waals surface area contributed by atoms with Crippen LogP contribution in [0.15, 0.2) is 30.5 Å². The number of nitro groups is 1. The molecule has 3 rings (SSSR count). The number of hydrogen-bond acceptors (Lipinski definition) is 6. The van der Waals surface area contributed by atoms with Crippen molar-refractivity contribution in [3.05, 3.63) is 46.3 Å². The molecule has 1 aromatic carbocycles. The number of nitrogens with zero attached hydrogens (tertiary/aromatic N) is 5. The Kier molecular flexibility index (Phi) is 4.42. The van der Waals surface area contributed by atoms with E-state index in [0.717, 1.165) is 12.8 Å². The number of amides is 1. The van der Waals surface area contributed by atoms with Gasteiger partial charge < -0.3 is 10.0 Å². The maximum atomic E-state index is 12.6. The maximum Gasteiger partial charge on any atom is 0.326 e. The summed E-state index contributed by atoms with van der Waals surface area (Å²) in [5.41, 5.74) is 0.275. The normalized spacial score (nSPS) is 17.3. The van der Waals surface area contributed by atoms with Gasteiger partial charge in [-0.15, -0.1) is 5.10 Å². The van der Waals surface area contributed by atoms with Crippen LogP contribution in [0.1, 0.15) is 29.8 Å². The number of nitro benzene ring substituents is 1. The molecular formula is C15H15N5O5. The van der Waals surface area contributed by atoms with Gasteiger partial charge in [-0.1, -0.05) is 11.3 Å². The lowest BCUT2D eigenvalue weighted by atomic mass is 10.0. The highest BCUT2D eigenvalue weighted by atomic mass is 16.6. The molecule has 1 unspecified atom stereocenters. The molecule has 0 aliphatic carbocycles. The first-order chi connectivity index (χ1) is 12.0. The van der Waals surface area contributed by atoms with Gasteiger partial charge in [0.15, 0.2) is 5.69 Å². The molecule has 1 aromatic heterocycles. The lowest BCUT2D eigenvalue weighted by molar-refractivity contribution is -0.384. The van der Waals surface area contributed by atoms with Crippen LogP contribution in [0.2, 0.25) is 0 Å². The van der Waals surface area contributed by atoms with E-state index in [1.807, 2.05) is 0 Å². The summed E-state index contributed by atoms with van der Waals surface area (Å²) in [6.07, 6.45) is 3.23. The molecule has 0 radical (unpaired) electrons. The summed E-state index contributed by atoms with van der Waals surface area (Å²) in [6.45, 7) is 0.347. The fourth-order valence-corrected chi connectivity index (χ4v) is 2.82. The van der Waals surface area contributed by atoms with E-state index in [2.05, 4.69) is 10.3 Å². The van der Waals surface area contributed by atoms with Gasteiger partial charge in [0.25, 0.3) is 11.6 Å². The minimum atomic E-state index is -1.04. The predicted octanol–water partition coefficient (Wildman–Crippen LogP) is 1.25. The number of non-ortho nitro benzene ring substituents is 1. The number of aromatic nitrogens is 3. The van der Waals surface area contributed by atoms with Gasteiger partial charge in [0, 0.05) is 18.7 Å². The van der Waals surface area contributed by atoms with Crippen molar-refractivity contribution in [2.24, 2.45) is 0 Å². The molecule has 1 amide bonds. The van der Waals surface area contributed by atoms with Crippen molar-refractivity contribution in [1.82, 2.24) is 19.9 Å². The predicted molar refractivity (Wildman–Crippen MR) is 84.3 cm³/mol. The van der Waals surface area contributed by atoms with Crippen LogP contribution in [-0.4, -0.2) is 54.4 Å². The topological polar surface area (TPSA) is 131 Å². The fraction of sp³-hybridized carbons (Fsp3) is 0.333. The first-order valence-electron chi connectivity index (χ1n) is 7.68. The first-order valence-corrected chi connectivity index (χ1v) is 7.68. The number of hydrogen-bond donors (Lipinski definition) is 1. The van der Waals surface area contributed by atoms with Gasteiger partial charge in [-0.2, -0.15) is 0 Å². The Hall–Kier alpha value is -3.30. The zero-order chi connectivity index (χ0) is 18.0. The minimum absolute atomic E-state index is 0.000318. The summed E-state index contributed by atoms with van der Waals surface area (Å²) in [5.74, 6) is -1.55. The molecule has 1 atom stereocenters. The zero-order valence-electron chi connectivity index (χ0n) is 13.1. The average molecular weight is 345 g/mol. The molecule has 1 N–H and O–H groups in total. The quantitative estimate of drug-likeness (QED) is 0.651. The number of benzene rings is 1. The average Bonchev–Trinajstić information content (AvgIpc) is 3.11. The molecule has 10 nitrogen and oxygen atoms in total. The molecule has 130 valence electrons. The van der Waals surface area contributed by atoms with Crippen LogP contribution in [0.3, 0.4) is 0 Å². The summed E-state index contributed by atoms with van der Waals surface area (Å²) >= 11 is 0. The van der Waals surface area contributed by atoms with E-state index in [0.29, 0.717) is 18.7 Å². The van der Waals surface area contributed by atoms with Gasteiger partial charge in [-0.25, -0.2) is 9.48 Å². The lowest BCUT2D eigenvalue weighted by Gasteiger charge is -2.32. The highest BCUT2D eigenvalue weighted by Gasteiger charge is 2.33. The van der Waals surface area contributed by atoms with Crippen LogP contribution in [-0.2, 0) is 4.79 Å². The van der Waals surface area contributed by atoms with Crippen molar-refractivity contribution < 1.29 is 19.6 Å². The number of likely N-dealkylation sites (tertiary alicyclic amines) is 1. The summed E-state index contributed by atoms with van der Waals surface area (Å²) < 4.78 is 1.25. The van der Waals surface area contributed by atoms with Crippen molar-refractivity contribution in [2.75, 3.05) is 6.54 Å². The summed E-state index contributed by atoms with van der Waals surface area (Å²) in [6, 6.07) is 4.88. The molecule has 1 fully saturated rings. The van der Waals surface area contributed by atoms with Crippen LogP contribution >= 0.6 is 0 Å². The molecule has 2 heterocycles. The van der Waals surface area contributed by atoms with E-state index in [1.54, 1.807) is 6.07 Å². The fourth-order valence-electron chi connectivity index (χ4n) is 2.82. The number of carbonyl (C=O) groups excluding carboxylic acids is 1. The van der Waals surface area contributed by atoms with Crippen LogP contribution in [0.25, 0.3) is 5.69 Å². The van der Waals surface area contributed by atoms with E-state index in [4.69, 9.17) is 0 Å². The Balaban J connectivity index is 1.85. The van der Waals surface area contributed by atoms with Crippen LogP contribution < -0.4 is 0 Å². The van der Waals surface area contributed by atoms with Gasteiger partial charge in [0.1, 0.15) is 6.04 Å². The Morgan fingerprint density at radius 2 is 2.12 bits per heavy atom. The Labute approximate surface area is 141 Å². The van der Waals surface area contributed by atoms with Gasteiger partial charge in [-0.3, -0.25) is 14.9 Å². The molecule has 1 saturated heterocycles. The Bertz CT molecular complexity index is 833. The van der Waals surface area contributed by atoms with Crippen LogP contribution in [0, 0.1) is 10.1 Å². The third-order valence-corrected chi connectivity index (χ3v) is 4.07. The minimum Gasteiger partial charge on any atom is -0.480 e. The van der Waals surface area contributed by atoms with Crippen LogP contribution in [0.4, 0.5) is 5.69 Å². The second-order valence-electron chi connectivity index (χ2n) is 5.67. The largest absolute Gasteiger partial charge is 0.480 e. The van der Waals surface area contributed by atoms with Crippen LogP contribution in [0.5, 0.6) is 0 Å². The number of carboxylic acids is 1. The Morgan fingerprint density at radius 3 is 2.84 bits per heavy atom. The van der Waals surface area contributed by atoms with E-state index >= 15 is 0 Å². The molecule has 1 aliphatic rings. The summed E-state index contributed by atoms with van der Waals surface area (Å²) in [4.78, 5) is 35.5. The smallest absolute Gasteiger partial charge is 0.326 e. The van der Waals surface area contributed by atoms with Crippen molar-refractivity contribution in [3.8, 4) is 5.69 Å². The highest BCUT2D eigenvalue weighted by molar-refractivity contribution is 5.94. The van der Waals surface area contributed by atoms with Crippen molar-refractivity contribution in [3.63, 3.8) is 0 Å². The summed E-state index contributed by atoms with van der Waals surface area (Å²) in [5, 5.41) is 27.7. The molecular weight excluding hydrogens is 330 g/mol. The van der Waals surface area contributed by atoms with Gasteiger partial charge in [-0.05, 0) is 25.3 Å². The molecule has 2 aromatic rings. The second kappa shape index (κ2) is 6.67. The van der Waals surface area contributed by atoms with E-state index in [9.17, 15) is 24.8 Å². The van der Waals surface area contributed by atoms with E-state index in [-0.39, 0.29) is 11.4 Å². The van der Waals surface area contributed by atoms with E-state index < -0.39 is 22.8 Å². The second-order valence-corrected chi connectivity index (χ2v) is 5.67. The van der Waals surface area contributed by atoms with E-state index in [1.165, 1.54) is 34.0 Å².